The largest absolute Gasteiger partial charge is 0.326 e. The number of carbonyl (C=O) groups excluding carboxylic acids is 1. The fourth-order valence-electron chi connectivity index (χ4n) is 2.77. The number of nitrogens with zero attached hydrogens (tertiary/aromatic N) is 1. The summed E-state index contributed by atoms with van der Waals surface area (Å²) in [7, 11) is 0. The number of rotatable bonds is 3. The van der Waals surface area contributed by atoms with Crippen molar-refractivity contribution in [3.63, 3.8) is 0 Å². The zero-order valence-corrected chi connectivity index (χ0v) is 12.7. The third-order valence-corrected chi connectivity index (χ3v) is 4.67. The maximum absolute atomic E-state index is 12.2. The van der Waals surface area contributed by atoms with Crippen molar-refractivity contribution < 1.29 is 4.79 Å². The Bertz CT molecular complexity index is 856. The van der Waals surface area contributed by atoms with Crippen LogP contribution in [0.5, 0.6) is 0 Å². The van der Waals surface area contributed by atoms with Gasteiger partial charge in [0.05, 0.1) is 22.1 Å². The van der Waals surface area contributed by atoms with Crippen LogP contribution in [0.15, 0.2) is 41.9 Å². The van der Waals surface area contributed by atoms with Crippen LogP contribution >= 0.6 is 11.3 Å². The van der Waals surface area contributed by atoms with Crippen molar-refractivity contribution in [1.29, 1.82) is 0 Å². The molecule has 0 unspecified atom stereocenters. The third kappa shape index (κ3) is 2.61. The van der Waals surface area contributed by atoms with E-state index in [1.54, 1.807) is 11.3 Å². The normalized spacial score (nSPS) is 13.3. The summed E-state index contributed by atoms with van der Waals surface area (Å²) in [5.41, 5.74) is 7.27. The van der Waals surface area contributed by atoms with E-state index in [4.69, 9.17) is 0 Å². The molecular formula is C17H15N3OS. The molecule has 0 atom stereocenters. The number of carbonyl (C=O) groups is 1. The molecule has 1 aliphatic heterocycles. The molecular weight excluding hydrogens is 294 g/mol. The fraction of sp³-hybridized carbons (Fsp3) is 0.176. The number of benzene rings is 2. The van der Waals surface area contributed by atoms with Crippen molar-refractivity contribution in [2.75, 3.05) is 5.32 Å². The van der Waals surface area contributed by atoms with E-state index in [9.17, 15) is 4.79 Å². The highest BCUT2D eigenvalue weighted by Gasteiger charge is 2.11. The Morgan fingerprint density at radius 3 is 3.05 bits per heavy atom. The highest BCUT2D eigenvalue weighted by molar-refractivity contribution is 7.16. The Morgan fingerprint density at radius 2 is 2.09 bits per heavy atom. The second kappa shape index (κ2) is 5.51. The highest BCUT2D eigenvalue weighted by atomic mass is 32.1. The van der Waals surface area contributed by atoms with Gasteiger partial charge >= 0.3 is 0 Å². The Labute approximate surface area is 132 Å². The van der Waals surface area contributed by atoms with E-state index in [-0.39, 0.29) is 5.91 Å². The van der Waals surface area contributed by atoms with Gasteiger partial charge in [0.1, 0.15) is 0 Å². The van der Waals surface area contributed by atoms with Gasteiger partial charge in [-0.15, -0.1) is 11.3 Å². The molecule has 0 spiro atoms. The summed E-state index contributed by atoms with van der Waals surface area (Å²) < 4.78 is 1.12. The fourth-order valence-corrected chi connectivity index (χ4v) is 3.51. The van der Waals surface area contributed by atoms with Crippen LogP contribution in [0.4, 0.5) is 5.69 Å². The van der Waals surface area contributed by atoms with Crippen LogP contribution in [-0.4, -0.2) is 10.9 Å². The predicted molar refractivity (Wildman–Crippen MR) is 88.9 cm³/mol. The van der Waals surface area contributed by atoms with Gasteiger partial charge in [-0.1, -0.05) is 12.1 Å². The standard InChI is InChI=1S/C17H15N3OS/c21-17(6-11-1-4-15-16(5-11)22-10-19-15)20-14-3-2-12-8-18-9-13(12)7-14/h1-5,7,10,18H,6,8-9H2,(H,20,21). The van der Waals surface area contributed by atoms with E-state index < -0.39 is 0 Å². The molecule has 1 aromatic heterocycles. The van der Waals surface area contributed by atoms with Crippen molar-refractivity contribution in [3.8, 4) is 0 Å². The minimum absolute atomic E-state index is 0.00905. The monoisotopic (exact) mass is 309 g/mol. The van der Waals surface area contributed by atoms with Crippen LogP contribution in [0.3, 0.4) is 0 Å². The minimum Gasteiger partial charge on any atom is -0.326 e. The summed E-state index contributed by atoms with van der Waals surface area (Å²) in [6, 6.07) is 12.1. The number of fused-ring (bicyclic) bond motifs is 2. The zero-order valence-electron chi connectivity index (χ0n) is 11.9. The van der Waals surface area contributed by atoms with Gasteiger partial charge in [0.15, 0.2) is 0 Å². The molecule has 2 heterocycles. The molecule has 3 aromatic rings. The predicted octanol–water partition coefficient (Wildman–Crippen LogP) is 3.08. The summed E-state index contributed by atoms with van der Waals surface area (Å²) in [6.07, 6.45) is 0.378. The molecule has 22 heavy (non-hydrogen) atoms. The molecule has 0 saturated carbocycles. The minimum atomic E-state index is 0.00905. The molecule has 2 N–H and O–H groups in total. The van der Waals surface area contributed by atoms with Crippen molar-refractivity contribution >= 4 is 33.1 Å². The molecule has 0 bridgehead atoms. The average Bonchev–Trinajstić information content (AvgIpc) is 3.14. The first kappa shape index (κ1) is 13.4. The van der Waals surface area contributed by atoms with Crippen LogP contribution in [0.1, 0.15) is 16.7 Å². The summed E-state index contributed by atoms with van der Waals surface area (Å²) in [4.78, 5) is 16.5. The quantitative estimate of drug-likeness (QED) is 0.782. The van der Waals surface area contributed by atoms with Crippen molar-refractivity contribution in [2.24, 2.45) is 0 Å². The smallest absolute Gasteiger partial charge is 0.228 e. The lowest BCUT2D eigenvalue weighted by molar-refractivity contribution is -0.115. The Hall–Kier alpha value is -2.24. The molecule has 4 rings (SSSR count). The topological polar surface area (TPSA) is 54.0 Å². The maximum atomic E-state index is 12.2. The molecule has 5 heteroatoms. The second-order valence-corrected chi connectivity index (χ2v) is 6.35. The number of hydrogen-bond donors (Lipinski definition) is 2. The zero-order chi connectivity index (χ0) is 14.9. The Morgan fingerprint density at radius 1 is 1.18 bits per heavy atom. The number of amides is 1. The van der Waals surface area contributed by atoms with Gasteiger partial charge in [0.25, 0.3) is 0 Å². The van der Waals surface area contributed by atoms with Gasteiger partial charge < -0.3 is 10.6 Å². The van der Waals surface area contributed by atoms with Gasteiger partial charge in [-0.3, -0.25) is 4.79 Å². The highest BCUT2D eigenvalue weighted by Crippen LogP contribution is 2.21. The van der Waals surface area contributed by atoms with E-state index in [1.807, 2.05) is 29.8 Å². The van der Waals surface area contributed by atoms with Crippen molar-refractivity contribution in [1.82, 2.24) is 10.3 Å². The Balaban J connectivity index is 1.47. The Kier molecular flexibility index (Phi) is 3.36. The average molecular weight is 309 g/mol. The molecule has 0 radical (unpaired) electrons. The molecule has 0 fully saturated rings. The lowest BCUT2D eigenvalue weighted by Crippen LogP contribution is -2.14. The van der Waals surface area contributed by atoms with E-state index in [1.165, 1.54) is 11.1 Å². The molecule has 110 valence electrons. The molecule has 4 nitrogen and oxygen atoms in total. The number of hydrogen-bond acceptors (Lipinski definition) is 4. The van der Waals surface area contributed by atoms with Crippen LogP contribution in [0, 0.1) is 0 Å². The number of thiazole rings is 1. The van der Waals surface area contributed by atoms with Crippen LogP contribution in [-0.2, 0) is 24.3 Å². The summed E-state index contributed by atoms with van der Waals surface area (Å²) in [5, 5.41) is 6.29. The first-order valence-corrected chi connectivity index (χ1v) is 8.10. The van der Waals surface area contributed by atoms with Crippen LogP contribution in [0.2, 0.25) is 0 Å². The van der Waals surface area contributed by atoms with Gasteiger partial charge in [-0.05, 0) is 41.0 Å². The summed E-state index contributed by atoms with van der Waals surface area (Å²) in [6.45, 7) is 1.79. The van der Waals surface area contributed by atoms with Gasteiger partial charge in [-0.2, -0.15) is 0 Å². The summed E-state index contributed by atoms with van der Waals surface area (Å²) in [5.74, 6) is 0.00905. The second-order valence-electron chi connectivity index (χ2n) is 5.47. The van der Waals surface area contributed by atoms with E-state index in [2.05, 4.69) is 27.8 Å². The van der Waals surface area contributed by atoms with Crippen molar-refractivity contribution in [3.05, 3.63) is 58.6 Å². The van der Waals surface area contributed by atoms with E-state index >= 15 is 0 Å². The van der Waals surface area contributed by atoms with Crippen molar-refractivity contribution in [2.45, 2.75) is 19.5 Å². The molecule has 1 amide bonds. The first-order chi connectivity index (χ1) is 10.8. The lowest BCUT2D eigenvalue weighted by atomic mass is 10.1. The SMILES string of the molecule is O=C(Cc1ccc2ncsc2c1)Nc1ccc2c(c1)CNC2. The van der Waals surface area contributed by atoms with Gasteiger partial charge in [0, 0.05) is 18.8 Å². The molecule has 1 aliphatic rings. The lowest BCUT2D eigenvalue weighted by Gasteiger charge is -2.07. The molecule has 0 aliphatic carbocycles. The third-order valence-electron chi connectivity index (χ3n) is 3.88. The summed E-state index contributed by atoms with van der Waals surface area (Å²) >= 11 is 1.60. The number of nitrogens with one attached hydrogen (secondary N) is 2. The maximum Gasteiger partial charge on any atom is 0.228 e. The van der Waals surface area contributed by atoms with Gasteiger partial charge in [0.2, 0.25) is 5.91 Å². The molecule has 2 aromatic carbocycles. The molecule has 0 saturated heterocycles. The van der Waals surface area contributed by atoms with Gasteiger partial charge in [-0.25, -0.2) is 4.98 Å². The van der Waals surface area contributed by atoms with E-state index in [0.717, 1.165) is 34.6 Å². The first-order valence-electron chi connectivity index (χ1n) is 7.22. The van der Waals surface area contributed by atoms with Crippen LogP contribution < -0.4 is 10.6 Å². The van der Waals surface area contributed by atoms with Crippen LogP contribution in [0.25, 0.3) is 10.2 Å². The van der Waals surface area contributed by atoms with E-state index in [0.29, 0.717) is 6.42 Å². The number of aromatic nitrogens is 1. The number of anilines is 1.